The zero-order chi connectivity index (χ0) is 15.9. The number of H-pyrrole nitrogens is 1. The molecular weight excluding hydrogens is 298 g/mol. The fraction of sp³-hybridized carbons (Fsp3) is 0.421. The van der Waals surface area contributed by atoms with Gasteiger partial charge in [-0.2, -0.15) is 0 Å². The number of pyridine rings is 1. The fourth-order valence-corrected chi connectivity index (χ4v) is 4.31. The minimum absolute atomic E-state index is 0.739. The van der Waals surface area contributed by atoms with Crippen LogP contribution >= 0.6 is 0 Å². The maximum atomic E-state index is 4.65. The molecule has 5 rings (SSSR count). The van der Waals surface area contributed by atoms with Gasteiger partial charge in [-0.05, 0) is 49.9 Å². The molecule has 1 atom stereocenters. The smallest absolute Gasteiger partial charge is 0.115 e. The average molecular weight is 319 g/mol. The number of hydrogen-bond donors (Lipinski definition) is 1. The van der Waals surface area contributed by atoms with Crippen molar-refractivity contribution < 1.29 is 0 Å². The highest BCUT2D eigenvalue weighted by Crippen LogP contribution is 2.34. The molecule has 5 heterocycles. The number of nitrogens with one attached hydrogen (secondary N) is 1. The number of aromatic nitrogens is 4. The van der Waals surface area contributed by atoms with E-state index in [-0.39, 0.29) is 0 Å². The third-order valence-electron chi connectivity index (χ3n) is 5.56. The lowest BCUT2D eigenvalue weighted by atomic mass is 9.99. The van der Waals surface area contributed by atoms with Crippen LogP contribution in [0.2, 0.25) is 0 Å². The molecule has 3 aromatic rings. The van der Waals surface area contributed by atoms with Crippen LogP contribution in [0.1, 0.15) is 35.5 Å². The van der Waals surface area contributed by atoms with Gasteiger partial charge < -0.3 is 4.98 Å². The molecule has 122 valence electrons. The van der Waals surface area contributed by atoms with Gasteiger partial charge in [-0.1, -0.05) is 0 Å². The van der Waals surface area contributed by atoms with Gasteiger partial charge in [0.05, 0.1) is 11.2 Å². The van der Waals surface area contributed by atoms with E-state index in [9.17, 15) is 0 Å². The molecule has 0 bridgehead atoms. The van der Waals surface area contributed by atoms with Crippen LogP contribution in [0, 0.1) is 0 Å². The summed E-state index contributed by atoms with van der Waals surface area (Å²) in [6, 6.07) is 4.90. The van der Waals surface area contributed by atoms with Crippen molar-refractivity contribution in [3.8, 4) is 0 Å². The summed E-state index contributed by atoms with van der Waals surface area (Å²) >= 11 is 0. The zero-order valence-electron chi connectivity index (χ0n) is 13.7. The second kappa shape index (κ2) is 5.67. The molecule has 0 radical (unpaired) electrons. The lowest BCUT2D eigenvalue weighted by Crippen LogP contribution is -2.34. The largest absolute Gasteiger partial charge is 0.357 e. The van der Waals surface area contributed by atoms with E-state index < -0.39 is 0 Å². The van der Waals surface area contributed by atoms with Gasteiger partial charge in [-0.15, -0.1) is 0 Å². The van der Waals surface area contributed by atoms with Crippen molar-refractivity contribution in [2.45, 2.75) is 44.7 Å². The highest BCUT2D eigenvalue weighted by molar-refractivity contribution is 5.86. The average Bonchev–Trinajstić information content (AvgIpc) is 3.22. The standard InChI is InChI=1S/C19H21N5/c1-2-14-10-18-16(11-24(14)9-1)15-6-8-21-17(19(15)23-18)4-3-13-5-7-20-12-22-13/h5-8,12,14,23H,1-4,9-11H2. The van der Waals surface area contributed by atoms with Crippen molar-refractivity contribution in [3.05, 3.63) is 53.5 Å². The SMILES string of the molecule is c1cc(CCc2nccc3c4c([nH]c23)CC2CCCN2C4)ncn1. The number of hydrogen-bond acceptors (Lipinski definition) is 4. The molecule has 24 heavy (non-hydrogen) atoms. The van der Waals surface area contributed by atoms with Gasteiger partial charge in [0.25, 0.3) is 0 Å². The molecule has 1 unspecified atom stereocenters. The second-order valence-corrected chi connectivity index (χ2v) is 6.93. The number of aryl methyl sites for hydroxylation is 2. The summed E-state index contributed by atoms with van der Waals surface area (Å²) in [7, 11) is 0. The predicted octanol–water partition coefficient (Wildman–Crippen LogP) is 2.66. The first-order valence-corrected chi connectivity index (χ1v) is 8.85. The van der Waals surface area contributed by atoms with Gasteiger partial charge in [0, 0.05) is 48.2 Å². The molecule has 0 aliphatic carbocycles. The summed E-state index contributed by atoms with van der Waals surface area (Å²) in [6.45, 7) is 2.35. The Morgan fingerprint density at radius 2 is 2.17 bits per heavy atom. The summed E-state index contributed by atoms with van der Waals surface area (Å²) in [5.41, 5.74) is 6.39. The summed E-state index contributed by atoms with van der Waals surface area (Å²) < 4.78 is 0. The maximum Gasteiger partial charge on any atom is 0.115 e. The Hall–Kier alpha value is -2.27. The van der Waals surface area contributed by atoms with E-state index >= 15 is 0 Å². The van der Waals surface area contributed by atoms with Crippen LogP contribution in [0.15, 0.2) is 30.9 Å². The topological polar surface area (TPSA) is 57.7 Å². The first-order valence-electron chi connectivity index (χ1n) is 8.85. The maximum absolute atomic E-state index is 4.65. The van der Waals surface area contributed by atoms with Gasteiger partial charge in [0.2, 0.25) is 0 Å². The van der Waals surface area contributed by atoms with Crippen LogP contribution in [0.3, 0.4) is 0 Å². The Labute approximate surface area is 141 Å². The Morgan fingerprint density at radius 1 is 1.17 bits per heavy atom. The molecule has 0 saturated carbocycles. The van der Waals surface area contributed by atoms with Crippen molar-refractivity contribution in [3.63, 3.8) is 0 Å². The monoisotopic (exact) mass is 319 g/mol. The van der Waals surface area contributed by atoms with Crippen molar-refractivity contribution in [2.24, 2.45) is 0 Å². The van der Waals surface area contributed by atoms with Gasteiger partial charge in [-0.3, -0.25) is 9.88 Å². The molecule has 2 aliphatic heterocycles. The van der Waals surface area contributed by atoms with E-state index in [1.165, 1.54) is 41.5 Å². The third-order valence-corrected chi connectivity index (χ3v) is 5.56. The lowest BCUT2D eigenvalue weighted by Gasteiger charge is -2.29. The van der Waals surface area contributed by atoms with Crippen molar-refractivity contribution in [1.29, 1.82) is 0 Å². The molecule has 1 saturated heterocycles. The molecule has 1 fully saturated rings. The summed E-state index contributed by atoms with van der Waals surface area (Å²) in [4.78, 5) is 19.3. The Kier molecular flexibility index (Phi) is 3.33. The second-order valence-electron chi connectivity index (χ2n) is 6.93. The molecule has 5 nitrogen and oxygen atoms in total. The van der Waals surface area contributed by atoms with E-state index in [0.717, 1.165) is 43.2 Å². The Balaban J connectivity index is 1.48. The zero-order valence-corrected chi connectivity index (χ0v) is 13.7. The van der Waals surface area contributed by atoms with E-state index in [1.807, 2.05) is 12.3 Å². The quantitative estimate of drug-likeness (QED) is 0.806. The minimum Gasteiger partial charge on any atom is -0.357 e. The van der Waals surface area contributed by atoms with Crippen LogP contribution in [-0.2, 0) is 25.8 Å². The minimum atomic E-state index is 0.739. The van der Waals surface area contributed by atoms with E-state index in [1.54, 1.807) is 12.5 Å². The van der Waals surface area contributed by atoms with Crippen molar-refractivity contribution in [2.75, 3.05) is 6.54 Å². The van der Waals surface area contributed by atoms with E-state index in [2.05, 4.69) is 30.9 Å². The molecule has 0 aromatic carbocycles. The molecule has 0 spiro atoms. The first kappa shape index (κ1) is 14.1. The van der Waals surface area contributed by atoms with E-state index in [0.29, 0.717) is 0 Å². The fourth-order valence-electron chi connectivity index (χ4n) is 4.31. The highest BCUT2D eigenvalue weighted by atomic mass is 15.2. The van der Waals surface area contributed by atoms with E-state index in [4.69, 9.17) is 0 Å². The summed E-state index contributed by atoms with van der Waals surface area (Å²) in [5.74, 6) is 0. The first-order chi connectivity index (χ1) is 11.9. The number of fused-ring (bicyclic) bond motifs is 4. The van der Waals surface area contributed by atoms with Gasteiger partial charge in [0.1, 0.15) is 6.33 Å². The number of aromatic amines is 1. The molecule has 2 aliphatic rings. The molecule has 1 N–H and O–H groups in total. The van der Waals surface area contributed by atoms with Crippen LogP contribution in [0.5, 0.6) is 0 Å². The molecule has 0 amide bonds. The normalized spacial score (nSPS) is 20.2. The third kappa shape index (κ3) is 2.31. The van der Waals surface area contributed by atoms with Crippen LogP contribution in [0.4, 0.5) is 0 Å². The summed E-state index contributed by atoms with van der Waals surface area (Å²) in [5, 5.41) is 1.36. The van der Waals surface area contributed by atoms with Gasteiger partial charge in [-0.25, -0.2) is 9.97 Å². The molecule has 3 aromatic heterocycles. The highest BCUT2D eigenvalue weighted by Gasteiger charge is 2.32. The molecular formula is C19H21N5. The van der Waals surface area contributed by atoms with Gasteiger partial charge in [0.15, 0.2) is 0 Å². The Morgan fingerprint density at radius 3 is 3.08 bits per heavy atom. The lowest BCUT2D eigenvalue weighted by molar-refractivity contribution is 0.227. The van der Waals surface area contributed by atoms with Crippen LogP contribution < -0.4 is 0 Å². The van der Waals surface area contributed by atoms with Crippen molar-refractivity contribution in [1.82, 2.24) is 24.8 Å². The van der Waals surface area contributed by atoms with Gasteiger partial charge >= 0.3 is 0 Å². The Bertz CT molecular complexity index is 870. The number of rotatable bonds is 3. The number of nitrogens with zero attached hydrogens (tertiary/aromatic N) is 4. The van der Waals surface area contributed by atoms with Crippen LogP contribution in [0.25, 0.3) is 10.9 Å². The van der Waals surface area contributed by atoms with Crippen LogP contribution in [-0.4, -0.2) is 37.4 Å². The van der Waals surface area contributed by atoms with Crippen molar-refractivity contribution >= 4 is 10.9 Å². The predicted molar refractivity (Wildman–Crippen MR) is 92.7 cm³/mol. The summed E-state index contributed by atoms with van der Waals surface area (Å²) in [6.07, 6.45) is 11.0. The molecule has 5 heteroatoms.